The zero-order chi connectivity index (χ0) is 23.1. The average molecular weight is 437 g/mol. The lowest BCUT2D eigenvalue weighted by Gasteiger charge is -2.38. The quantitative estimate of drug-likeness (QED) is 0.462. The van der Waals surface area contributed by atoms with E-state index in [-0.39, 0.29) is 24.5 Å². The molecule has 1 saturated carbocycles. The molecular weight excluding hydrogens is 396 g/mol. The number of aliphatic hydroxyl groups is 3. The van der Waals surface area contributed by atoms with E-state index in [1.54, 1.807) is 0 Å². The fourth-order valence-electron chi connectivity index (χ4n) is 5.05. The molecule has 0 heterocycles. The van der Waals surface area contributed by atoms with Gasteiger partial charge < -0.3 is 15.3 Å². The van der Waals surface area contributed by atoms with E-state index < -0.39 is 6.10 Å². The molecule has 3 rings (SSSR count). The summed E-state index contributed by atoms with van der Waals surface area (Å²) in [6.45, 7) is 6.16. The van der Waals surface area contributed by atoms with Crippen LogP contribution < -0.4 is 0 Å². The summed E-state index contributed by atoms with van der Waals surface area (Å²) in [5, 5.41) is 29.2. The van der Waals surface area contributed by atoms with E-state index in [1.807, 2.05) is 26.0 Å². The summed E-state index contributed by atoms with van der Waals surface area (Å²) in [5.74, 6) is 0.217. The van der Waals surface area contributed by atoms with Crippen molar-refractivity contribution in [3.05, 3.63) is 75.9 Å². The van der Waals surface area contributed by atoms with Crippen LogP contribution in [0.15, 0.2) is 42.5 Å². The summed E-state index contributed by atoms with van der Waals surface area (Å²) in [6, 6.07) is 13.0. The highest BCUT2D eigenvalue weighted by atomic mass is 16.3. The fourth-order valence-corrected chi connectivity index (χ4v) is 5.05. The molecule has 2 aromatic carbocycles. The number of hydrogen-bond acceptors (Lipinski definition) is 3. The van der Waals surface area contributed by atoms with Crippen molar-refractivity contribution in [1.29, 1.82) is 0 Å². The second kappa shape index (κ2) is 11.3. The molecule has 174 valence electrons. The van der Waals surface area contributed by atoms with Crippen LogP contribution in [0.4, 0.5) is 0 Å². The van der Waals surface area contributed by atoms with E-state index in [2.05, 4.69) is 43.3 Å². The predicted molar refractivity (Wildman–Crippen MR) is 132 cm³/mol. The van der Waals surface area contributed by atoms with Crippen molar-refractivity contribution in [3.8, 4) is 0 Å². The maximum Gasteiger partial charge on any atom is 0.0747 e. The number of rotatable bonds is 9. The molecule has 3 nitrogen and oxygen atoms in total. The Morgan fingerprint density at radius 2 is 1.66 bits per heavy atom. The smallest absolute Gasteiger partial charge is 0.0747 e. The molecule has 3 heteroatoms. The molecule has 0 bridgehead atoms. The summed E-state index contributed by atoms with van der Waals surface area (Å²) in [7, 11) is 0. The van der Waals surface area contributed by atoms with E-state index in [4.69, 9.17) is 0 Å². The molecule has 0 aromatic heterocycles. The number of aryl methyl sites for hydroxylation is 2. The number of aliphatic hydroxyl groups excluding tert-OH is 3. The third kappa shape index (κ3) is 5.89. The first-order valence-corrected chi connectivity index (χ1v) is 12.2. The maximum absolute atomic E-state index is 10.1. The minimum absolute atomic E-state index is 0.0332. The van der Waals surface area contributed by atoms with Crippen LogP contribution in [0.2, 0.25) is 0 Å². The molecule has 1 aliphatic rings. The Morgan fingerprint density at radius 3 is 2.28 bits per heavy atom. The van der Waals surface area contributed by atoms with Gasteiger partial charge in [0.1, 0.15) is 0 Å². The second-order valence-corrected chi connectivity index (χ2v) is 9.93. The molecule has 0 spiro atoms. The van der Waals surface area contributed by atoms with Gasteiger partial charge >= 0.3 is 0 Å². The normalized spacial score (nSPS) is 17.2. The Balaban J connectivity index is 1.82. The first-order valence-electron chi connectivity index (χ1n) is 12.2. The van der Waals surface area contributed by atoms with Crippen molar-refractivity contribution < 1.29 is 15.3 Å². The van der Waals surface area contributed by atoms with Crippen LogP contribution in [0.1, 0.15) is 85.8 Å². The third-order valence-corrected chi connectivity index (χ3v) is 7.35. The lowest BCUT2D eigenvalue weighted by Crippen LogP contribution is -2.30. The predicted octanol–water partition coefficient (Wildman–Crippen LogP) is 5.84. The van der Waals surface area contributed by atoms with Crippen LogP contribution in [-0.4, -0.2) is 21.4 Å². The van der Waals surface area contributed by atoms with Crippen LogP contribution in [0, 0.1) is 12.8 Å². The van der Waals surface area contributed by atoms with Gasteiger partial charge in [-0.15, -0.1) is 0 Å². The summed E-state index contributed by atoms with van der Waals surface area (Å²) in [6.07, 6.45) is 11.9. The van der Waals surface area contributed by atoms with Gasteiger partial charge in [-0.1, -0.05) is 81.7 Å². The van der Waals surface area contributed by atoms with Crippen LogP contribution in [0.3, 0.4) is 0 Å². The van der Waals surface area contributed by atoms with Crippen molar-refractivity contribution in [2.45, 2.75) is 90.4 Å². The van der Waals surface area contributed by atoms with E-state index in [9.17, 15) is 15.3 Å². The highest BCUT2D eigenvalue weighted by Crippen LogP contribution is 2.43. The largest absolute Gasteiger partial charge is 0.392 e. The molecule has 0 amide bonds. The molecule has 1 fully saturated rings. The van der Waals surface area contributed by atoms with Gasteiger partial charge in [0.2, 0.25) is 0 Å². The summed E-state index contributed by atoms with van der Waals surface area (Å²) >= 11 is 0. The van der Waals surface area contributed by atoms with E-state index in [0.717, 1.165) is 24.0 Å². The Bertz CT molecular complexity index is 907. The molecule has 1 aliphatic carbocycles. The van der Waals surface area contributed by atoms with Gasteiger partial charge in [0, 0.05) is 0 Å². The Labute approximate surface area is 193 Å². The molecule has 0 radical (unpaired) electrons. The van der Waals surface area contributed by atoms with Gasteiger partial charge in [-0.2, -0.15) is 0 Å². The van der Waals surface area contributed by atoms with Gasteiger partial charge in [0.05, 0.1) is 19.3 Å². The standard InChI is InChI=1S/C29H40O3/c1-21(2)28(32)12-10-24-9-11-27(17-22(24)3)29(14-5-4-6-15-29)16-13-23-7-8-25(19-30)26(18-23)20-31/h7-12,17-18,21,28,30-32H,4-6,13-16,19-20H2,1-3H3. The first kappa shape index (κ1) is 24.7. The van der Waals surface area contributed by atoms with Crippen LogP contribution >= 0.6 is 0 Å². The van der Waals surface area contributed by atoms with Gasteiger partial charge in [-0.05, 0) is 77.3 Å². The van der Waals surface area contributed by atoms with Crippen molar-refractivity contribution >= 4 is 6.08 Å². The Hall–Kier alpha value is -1.94. The van der Waals surface area contributed by atoms with Crippen LogP contribution in [0.25, 0.3) is 6.08 Å². The monoisotopic (exact) mass is 436 g/mol. The van der Waals surface area contributed by atoms with Crippen LogP contribution in [0.5, 0.6) is 0 Å². The molecule has 3 N–H and O–H groups in total. The number of benzene rings is 2. The summed E-state index contributed by atoms with van der Waals surface area (Å²) in [5.41, 5.74) is 6.93. The zero-order valence-electron chi connectivity index (χ0n) is 20.0. The molecule has 1 atom stereocenters. The van der Waals surface area contributed by atoms with Gasteiger partial charge in [-0.25, -0.2) is 0 Å². The zero-order valence-corrected chi connectivity index (χ0v) is 20.0. The Kier molecular flexibility index (Phi) is 8.70. The van der Waals surface area contributed by atoms with Crippen LogP contribution in [-0.2, 0) is 25.0 Å². The molecule has 1 unspecified atom stereocenters. The van der Waals surface area contributed by atoms with Crippen molar-refractivity contribution in [2.24, 2.45) is 5.92 Å². The number of hydrogen-bond donors (Lipinski definition) is 3. The lowest BCUT2D eigenvalue weighted by molar-refractivity contribution is 0.173. The van der Waals surface area contributed by atoms with Crippen molar-refractivity contribution in [2.75, 3.05) is 0 Å². The highest BCUT2D eigenvalue weighted by molar-refractivity contribution is 5.55. The topological polar surface area (TPSA) is 60.7 Å². The lowest BCUT2D eigenvalue weighted by atomic mass is 9.66. The molecule has 2 aromatic rings. The van der Waals surface area contributed by atoms with Gasteiger partial charge in [-0.3, -0.25) is 0 Å². The molecule has 0 saturated heterocycles. The fraction of sp³-hybridized carbons (Fsp3) is 0.517. The molecule has 0 aliphatic heterocycles. The van der Waals surface area contributed by atoms with Crippen molar-refractivity contribution in [1.82, 2.24) is 0 Å². The highest BCUT2D eigenvalue weighted by Gasteiger charge is 2.33. The minimum Gasteiger partial charge on any atom is -0.392 e. The van der Waals surface area contributed by atoms with Gasteiger partial charge in [0.15, 0.2) is 0 Å². The van der Waals surface area contributed by atoms with Gasteiger partial charge in [0.25, 0.3) is 0 Å². The second-order valence-electron chi connectivity index (χ2n) is 9.93. The maximum atomic E-state index is 10.1. The van der Waals surface area contributed by atoms with Crippen molar-refractivity contribution in [3.63, 3.8) is 0 Å². The Morgan fingerprint density at radius 1 is 0.938 bits per heavy atom. The van der Waals surface area contributed by atoms with E-state index in [1.165, 1.54) is 54.4 Å². The average Bonchev–Trinajstić information content (AvgIpc) is 2.82. The van der Waals surface area contributed by atoms with E-state index in [0.29, 0.717) is 0 Å². The SMILES string of the molecule is Cc1cc(C2(CCc3ccc(CO)c(CO)c3)CCCCC2)ccc1C=CC(O)C(C)C. The molecule has 32 heavy (non-hydrogen) atoms. The van der Waals surface area contributed by atoms with E-state index >= 15 is 0 Å². The summed E-state index contributed by atoms with van der Waals surface area (Å²) < 4.78 is 0. The molecular formula is C29H40O3. The first-order chi connectivity index (χ1) is 15.4. The third-order valence-electron chi connectivity index (χ3n) is 7.35. The minimum atomic E-state index is -0.417. The summed E-state index contributed by atoms with van der Waals surface area (Å²) in [4.78, 5) is 0.